The van der Waals surface area contributed by atoms with Crippen molar-refractivity contribution in [1.82, 2.24) is 0 Å². The summed E-state index contributed by atoms with van der Waals surface area (Å²) in [7, 11) is 0. The van der Waals surface area contributed by atoms with Gasteiger partial charge in [0.25, 0.3) is 0 Å². The lowest BCUT2D eigenvalue weighted by Crippen LogP contribution is -2.67. The summed E-state index contributed by atoms with van der Waals surface area (Å²) in [6.45, 7) is 4.96. The normalized spacial score (nSPS) is 27.5. The molecule has 0 aliphatic carbocycles. The molecule has 2 unspecified atom stereocenters. The molecule has 4 atom stereocenters. The number of hydrogen-bond acceptors (Lipinski definition) is 4. The third kappa shape index (κ3) is 3.90. The second kappa shape index (κ2) is 7.73. The molecule has 0 aromatic heterocycles. The van der Waals surface area contributed by atoms with Crippen LogP contribution in [-0.2, 0) is 21.6 Å². The van der Waals surface area contributed by atoms with E-state index in [9.17, 15) is 27.3 Å². The van der Waals surface area contributed by atoms with Crippen LogP contribution in [0.15, 0.2) is 24.3 Å². The highest BCUT2D eigenvalue weighted by atomic mass is 32.2. The SMILES string of the molecule is CSC[C@@H](c1ccc(C(F)(F)F)cc1)[C@H]1COS(=O)[N+]1(C(=O)O)C(C)(C)C. The van der Waals surface area contributed by atoms with Crippen LogP contribution in [0.3, 0.4) is 0 Å². The molecule has 1 saturated heterocycles. The van der Waals surface area contributed by atoms with E-state index in [-0.39, 0.29) is 6.61 Å². The molecule has 1 aliphatic heterocycles. The zero-order chi connectivity index (χ0) is 20.6. The van der Waals surface area contributed by atoms with E-state index in [0.29, 0.717) is 11.3 Å². The molecule has 0 radical (unpaired) electrons. The van der Waals surface area contributed by atoms with Crippen molar-refractivity contribution in [2.45, 2.75) is 44.4 Å². The molecule has 2 rings (SSSR count). The highest BCUT2D eigenvalue weighted by molar-refractivity contribution is 7.98. The summed E-state index contributed by atoms with van der Waals surface area (Å²) in [5.41, 5.74) is -1.14. The van der Waals surface area contributed by atoms with Gasteiger partial charge in [-0.25, -0.2) is 4.18 Å². The summed E-state index contributed by atoms with van der Waals surface area (Å²) >= 11 is -0.671. The first-order chi connectivity index (χ1) is 12.4. The predicted molar refractivity (Wildman–Crippen MR) is 98.5 cm³/mol. The summed E-state index contributed by atoms with van der Waals surface area (Å²) < 4.78 is 55.7. The van der Waals surface area contributed by atoms with E-state index in [4.69, 9.17) is 4.18 Å². The number of alkyl halides is 3. The van der Waals surface area contributed by atoms with Crippen molar-refractivity contribution in [2.75, 3.05) is 18.6 Å². The molecular weight excluding hydrogens is 403 g/mol. The number of amides is 1. The summed E-state index contributed by atoms with van der Waals surface area (Å²) in [4.78, 5) is 12.3. The van der Waals surface area contributed by atoms with Crippen LogP contribution in [0, 0.1) is 0 Å². The minimum absolute atomic E-state index is 0.0531. The van der Waals surface area contributed by atoms with Crippen LogP contribution in [0.1, 0.15) is 37.8 Å². The zero-order valence-corrected chi connectivity index (χ0v) is 17.1. The van der Waals surface area contributed by atoms with Crippen molar-refractivity contribution in [1.29, 1.82) is 0 Å². The smallest absolute Gasteiger partial charge is 0.435 e. The van der Waals surface area contributed by atoms with Crippen molar-refractivity contribution < 1.29 is 35.4 Å². The number of quaternary nitrogens is 1. The van der Waals surface area contributed by atoms with Gasteiger partial charge in [-0.2, -0.15) is 33.9 Å². The van der Waals surface area contributed by atoms with Gasteiger partial charge in [-0.1, -0.05) is 12.1 Å². The number of thioether (sulfide) groups is 1. The van der Waals surface area contributed by atoms with E-state index in [1.807, 2.05) is 6.26 Å². The maximum absolute atomic E-state index is 12.9. The largest absolute Gasteiger partial charge is 0.530 e. The molecule has 27 heavy (non-hydrogen) atoms. The number of carboxylic acid groups (broad SMARTS) is 1. The average molecular weight is 427 g/mol. The summed E-state index contributed by atoms with van der Waals surface area (Å²) in [5.74, 6) is 0.0176. The molecule has 1 aliphatic rings. The minimum atomic E-state index is -4.45. The number of rotatable bonds is 4. The van der Waals surface area contributed by atoms with Crippen LogP contribution in [-0.4, -0.2) is 49.5 Å². The summed E-state index contributed by atoms with van der Waals surface area (Å²) in [5, 5.41) is 10.00. The molecule has 0 spiro atoms. The monoisotopic (exact) mass is 426 g/mol. The van der Waals surface area contributed by atoms with Crippen molar-refractivity contribution in [3.63, 3.8) is 0 Å². The maximum atomic E-state index is 12.9. The molecule has 0 saturated carbocycles. The standard InChI is InChI=1S/C17H22F3NO4S2/c1-16(2,3)21(15(22)23)14(9-25-27(21)24)13(10-26-4)11-5-7-12(8-6-11)17(18,19)20/h5-8,13-14H,9-10H2,1-4H3/p+1/t13-,14+,21?,27?/m0/s1. The number of hydrogen-bond donors (Lipinski definition) is 1. The van der Waals surface area contributed by atoms with Crippen molar-refractivity contribution in [2.24, 2.45) is 0 Å². The van der Waals surface area contributed by atoms with Crippen molar-refractivity contribution in [3.05, 3.63) is 35.4 Å². The Balaban J connectivity index is 2.55. The van der Waals surface area contributed by atoms with E-state index < -0.39 is 50.5 Å². The number of benzene rings is 1. The van der Waals surface area contributed by atoms with Gasteiger partial charge in [-0.15, -0.1) is 3.89 Å². The molecule has 1 aromatic carbocycles. The molecule has 0 bridgehead atoms. The molecular formula is C17H23F3NO4S2+. The Morgan fingerprint density at radius 3 is 2.30 bits per heavy atom. The van der Waals surface area contributed by atoms with E-state index in [2.05, 4.69) is 0 Å². The zero-order valence-electron chi connectivity index (χ0n) is 15.4. The second-order valence-electron chi connectivity index (χ2n) is 7.36. The van der Waals surface area contributed by atoms with Gasteiger partial charge in [0.15, 0.2) is 0 Å². The Kier molecular flexibility index (Phi) is 6.35. The van der Waals surface area contributed by atoms with E-state index in [1.165, 1.54) is 23.9 Å². The van der Waals surface area contributed by atoms with Crippen molar-refractivity contribution in [3.8, 4) is 0 Å². The first-order valence-electron chi connectivity index (χ1n) is 8.21. The lowest BCUT2D eigenvalue weighted by molar-refractivity contribution is -0.801. The average Bonchev–Trinajstić information content (AvgIpc) is 2.89. The Labute approximate surface area is 163 Å². The highest BCUT2D eigenvalue weighted by Crippen LogP contribution is 2.44. The van der Waals surface area contributed by atoms with Gasteiger partial charge in [0, 0.05) is 11.7 Å². The minimum Gasteiger partial charge on any atom is -0.435 e. The van der Waals surface area contributed by atoms with Gasteiger partial charge in [0.2, 0.25) is 0 Å². The predicted octanol–water partition coefficient (Wildman–Crippen LogP) is 4.42. The van der Waals surface area contributed by atoms with Gasteiger partial charge in [0.1, 0.15) is 18.2 Å². The maximum Gasteiger partial charge on any atom is 0.530 e. The van der Waals surface area contributed by atoms with Crippen LogP contribution < -0.4 is 0 Å². The third-order valence-electron chi connectivity index (χ3n) is 4.80. The first kappa shape index (κ1) is 22.2. The second-order valence-corrected chi connectivity index (χ2v) is 9.52. The van der Waals surface area contributed by atoms with E-state index in [1.54, 1.807) is 20.8 Å². The van der Waals surface area contributed by atoms with Crippen LogP contribution in [0.25, 0.3) is 0 Å². The molecule has 1 amide bonds. The van der Waals surface area contributed by atoms with Crippen LogP contribution in [0.5, 0.6) is 0 Å². The fourth-order valence-electron chi connectivity index (χ4n) is 3.54. The Morgan fingerprint density at radius 2 is 1.89 bits per heavy atom. The van der Waals surface area contributed by atoms with Crippen LogP contribution in [0.4, 0.5) is 18.0 Å². The molecule has 1 fully saturated rings. The Morgan fingerprint density at radius 1 is 1.33 bits per heavy atom. The summed E-state index contributed by atoms with van der Waals surface area (Å²) in [6, 6.07) is 4.01. The lowest BCUT2D eigenvalue weighted by Gasteiger charge is -2.42. The first-order valence-corrected chi connectivity index (χ1v) is 10.6. The molecule has 1 N–H and O–H groups in total. The van der Waals surface area contributed by atoms with Crippen molar-refractivity contribution >= 4 is 29.1 Å². The van der Waals surface area contributed by atoms with E-state index in [0.717, 1.165) is 12.1 Å². The molecule has 1 heterocycles. The van der Waals surface area contributed by atoms with Crippen LogP contribution in [0.2, 0.25) is 0 Å². The number of nitrogens with zero attached hydrogens (tertiary/aromatic N) is 1. The molecule has 1 aromatic rings. The number of halogens is 3. The summed E-state index contributed by atoms with van der Waals surface area (Å²) in [6.07, 6.45) is -3.89. The fraction of sp³-hybridized carbons (Fsp3) is 0.588. The van der Waals surface area contributed by atoms with Gasteiger partial charge in [-0.05, 0) is 44.7 Å². The fourth-order valence-corrected chi connectivity index (χ4v) is 5.74. The van der Waals surface area contributed by atoms with Crippen LogP contribution >= 0.6 is 11.8 Å². The van der Waals surface area contributed by atoms with Gasteiger partial charge >= 0.3 is 23.5 Å². The van der Waals surface area contributed by atoms with Gasteiger partial charge in [0.05, 0.1) is 5.56 Å². The molecule has 10 heteroatoms. The van der Waals surface area contributed by atoms with E-state index >= 15 is 0 Å². The Bertz CT molecular complexity index is 718. The topological polar surface area (TPSA) is 63.6 Å². The quantitative estimate of drug-likeness (QED) is 0.722. The molecule has 5 nitrogen and oxygen atoms in total. The lowest BCUT2D eigenvalue weighted by atomic mass is 9.89. The van der Waals surface area contributed by atoms with Gasteiger partial charge in [-0.3, -0.25) is 0 Å². The van der Waals surface area contributed by atoms with Gasteiger partial charge < -0.3 is 5.11 Å². The highest BCUT2D eigenvalue weighted by Gasteiger charge is 2.66. The Hall–Kier alpha value is -1.10. The number of carbonyl (C=O) groups is 1. The third-order valence-corrected chi connectivity index (χ3v) is 7.27. The molecule has 152 valence electrons.